The Morgan fingerprint density at radius 1 is 1.43 bits per heavy atom. The summed E-state index contributed by atoms with van der Waals surface area (Å²) in [5.74, 6) is 0.904. The zero-order chi connectivity index (χ0) is 15.6. The van der Waals surface area contributed by atoms with Gasteiger partial charge < -0.3 is 15.0 Å². The van der Waals surface area contributed by atoms with Crippen LogP contribution in [0.25, 0.3) is 10.9 Å². The Labute approximate surface area is 139 Å². The van der Waals surface area contributed by atoms with Crippen molar-refractivity contribution in [3.05, 3.63) is 46.0 Å². The average Bonchev–Trinajstić information content (AvgIpc) is 3.22. The molecule has 4 rings (SSSR count). The molecule has 0 radical (unpaired) electrons. The first kappa shape index (κ1) is 14.7. The lowest BCUT2D eigenvalue weighted by Gasteiger charge is -2.22. The van der Waals surface area contributed by atoms with Crippen LogP contribution in [0.2, 0.25) is 0 Å². The molecule has 1 aliphatic rings. The molecule has 3 aromatic rings. The number of rotatable bonds is 5. The molecule has 120 valence electrons. The monoisotopic (exact) mass is 327 g/mol. The van der Waals surface area contributed by atoms with Crippen LogP contribution in [-0.2, 0) is 12.8 Å². The smallest absolute Gasteiger partial charge is 0.142 e. The Morgan fingerprint density at radius 3 is 3.30 bits per heavy atom. The maximum atomic E-state index is 5.42. The predicted molar refractivity (Wildman–Crippen MR) is 94.4 cm³/mol. The van der Waals surface area contributed by atoms with E-state index >= 15 is 0 Å². The van der Waals surface area contributed by atoms with Gasteiger partial charge in [-0.3, -0.25) is 0 Å². The number of fused-ring (bicyclic) bond motifs is 2. The van der Waals surface area contributed by atoms with Crippen molar-refractivity contribution >= 4 is 22.2 Å². The summed E-state index contributed by atoms with van der Waals surface area (Å²) in [4.78, 5) is 9.37. The number of aryl methyl sites for hydroxylation is 1. The summed E-state index contributed by atoms with van der Waals surface area (Å²) < 4.78 is 5.42. The third-order valence-electron chi connectivity index (χ3n) is 4.67. The predicted octanol–water partition coefficient (Wildman–Crippen LogP) is 3.84. The number of ether oxygens (including phenoxy) is 1. The van der Waals surface area contributed by atoms with Gasteiger partial charge in [-0.2, -0.15) is 0 Å². The molecule has 0 aliphatic heterocycles. The van der Waals surface area contributed by atoms with E-state index in [1.54, 1.807) is 18.4 Å². The van der Waals surface area contributed by atoms with Crippen LogP contribution in [0.15, 0.2) is 29.9 Å². The number of thiazole rings is 1. The molecule has 0 fully saturated rings. The molecule has 23 heavy (non-hydrogen) atoms. The highest BCUT2D eigenvalue weighted by Crippen LogP contribution is 2.31. The molecule has 2 heterocycles. The Kier molecular flexibility index (Phi) is 4.06. The molecule has 0 saturated carbocycles. The van der Waals surface area contributed by atoms with Crippen molar-refractivity contribution in [3.63, 3.8) is 0 Å². The normalized spacial score (nSPS) is 17.3. The van der Waals surface area contributed by atoms with Gasteiger partial charge in [-0.15, -0.1) is 11.3 Å². The quantitative estimate of drug-likeness (QED) is 0.748. The number of aromatic amines is 1. The van der Waals surface area contributed by atoms with E-state index in [4.69, 9.17) is 4.74 Å². The third-order valence-corrected chi connectivity index (χ3v) is 5.58. The van der Waals surface area contributed by atoms with Crippen molar-refractivity contribution in [1.82, 2.24) is 15.3 Å². The molecular formula is C18H21N3OS. The van der Waals surface area contributed by atoms with E-state index < -0.39 is 0 Å². The Balaban J connectivity index is 1.45. The van der Waals surface area contributed by atoms with E-state index in [1.165, 1.54) is 40.8 Å². The largest absolute Gasteiger partial charge is 0.495 e. The summed E-state index contributed by atoms with van der Waals surface area (Å²) in [5, 5.41) is 4.95. The second kappa shape index (κ2) is 6.34. The summed E-state index contributed by atoms with van der Waals surface area (Å²) in [5.41, 5.74) is 5.68. The number of H-pyrrole nitrogens is 1. The molecule has 0 spiro atoms. The van der Waals surface area contributed by atoms with Crippen LogP contribution >= 0.6 is 11.3 Å². The fourth-order valence-corrected chi connectivity index (χ4v) is 4.37. The second-order valence-corrected chi connectivity index (χ2v) is 6.95. The SMILES string of the molecule is COc1cccc2c(CCNC3CCCc4scnc43)c[nH]c12. The summed E-state index contributed by atoms with van der Waals surface area (Å²) in [6, 6.07) is 6.62. The number of nitrogens with one attached hydrogen (secondary N) is 2. The molecule has 0 saturated heterocycles. The van der Waals surface area contributed by atoms with Crippen LogP contribution in [0.5, 0.6) is 5.75 Å². The van der Waals surface area contributed by atoms with Crippen molar-refractivity contribution in [3.8, 4) is 5.75 Å². The minimum absolute atomic E-state index is 0.421. The summed E-state index contributed by atoms with van der Waals surface area (Å²) >= 11 is 1.80. The van der Waals surface area contributed by atoms with Gasteiger partial charge in [0, 0.05) is 16.5 Å². The van der Waals surface area contributed by atoms with Gasteiger partial charge in [0.1, 0.15) is 5.75 Å². The Morgan fingerprint density at radius 2 is 2.39 bits per heavy atom. The highest BCUT2D eigenvalue weighted by atomic mass is 32.1. The van der Waals surface area contributed by atoms with Crippen LogP contribution in [0.4, 0.5) is 0 Å². The molecule has 5 heteroatoms. The molecule has 0 amide bonds. The van der Waals surface area contributed by atoms with Gasteiger partial charge in [0.15, 0.2) is 0 Å². The lowest BCUT2D eigenvalue weighted by molar-refractivity contribution is 0.419. The number of hydrogen-bond acceptors (Lipinski definition) is 4. The van der Waals surface area contributed by atoms with Crippen molar-refractivity contribution < 1.29 is 4.74 Å². The van der Waals surface area contributed by atoms with Crippen molar-refractivity contribution in [1.29, 1.82) is 0 Å². The lowest BCUT2D eigenvalue weighted by Crippen LogP contribution is -2.26. The topological polar surface area (TPSA) is 49.9 Å². The molecule has 1 atom stereocenters. The average molecular weight is 327 g/mol. The maximum Gasteiger partial charge on any atom is 0.142 e. The molecule has 1 unspecified atom stereocenters. The van der Waals surface area contributed by atoms with Crippen LogP contribution in [0, 0.1) is 0 Å². The Bertz CT molecular complexity index is 808. The molecule has 0 bridgehead atoms. The summed E-state index contributed by atoms with van der Waals surface area (Å²) in [7, 11) is 1.71. The molecular weight excluding hydrogens is 306 g/mol. The molecule has 1 aromatic carbocycles. The van der Waals surface area contributed by atoms with Gasteiger partial charge in [-0.05, 0) is 43.9 Å². The number of nitrogens with zero attached hydrogens (tertiary/aromatic N) is 1. The van der Waals surface area contributed by atoms with Gasteiger partial charge in [0.2, 0.25) is 0 Å². The van der Waals surface area contributed by atoms with Gasteiger partial charge in [-0.25, -0.2) is 4.98 Å². The maximum absolute atomic E-state index is 5.42. The number of methoxy groups -OCH3 is 1. The van der Waals surface area contributed by atoms with Gasteiger partial charge in [-0.1, -0.05) is 12.1 Å². The highest BCUT2D eigenvalue weighted by Gasteiger charge is 2.22. The zero-order valence-corrected chi connectivity index (χ0v) is 14.1. The standard InChI is InChI=1S/C18H21N3OS/c1-22-15-6-2-4-13-12(10-20-17(13)15)8-9-19-14-5-3-7-16-18(14)21-11-23-16/h2,4,6,10-11,14,19-20H,3,5,7-9H2,1H3. The second-order valence-electron chi connectivity index (χ2n) is 6.01. The molecule has 4 nitrogen and oxygen atoms in total. The van der Waals surface area contributed by atoms with E-state index in [2.05, 4.69) is 33.6 Å². The van der Waals surface area contributed by atoms with Crippen LogP contribution in [0.1, 0.15) is 35.0 Å². The number of benzene rings is 1. The number of hydrogen-bond donors (Lipinski definition) is 2. The lowest BCUT2D eigenvalue weighted by atomic mass is 9.97. The Hall–Kier alpha value is -1.85. The van der Waals surface area contributed by atoms with E-state index in [0.29, 0.717) is 6.04 Å². The molecule has 2 N–H and O–H groups in total. The van der Waals surface area contributed by atoms with Crippen LogP contribution in [0.3, 0.4) is 0 Å². The van der Waals surface area contributed by atoms with Gasteiger partial charge in [0.25, 0.3) is 0 Å². The highest BCUT2D eigenvalue weighted by molar-refractivity contribution is 7.09. The summed E-state index contributed by atoms with van der Waals surface area (Å²) in [6.07, 6.45) is 6.75. The minimum atomic E-state index is 0.421. The number of para-hydroxylation sites is 1. The van der Waals surface area contributed by atoms with Crippen LogP contribution in [-0.4, -0.2) is 23.6 Å². The van der Waals surface area contributed by atoms with Crippen molar-refractivity contribution in [2.24, 2.45) is 0 Å². The number of aromatic nitrogens is 2. The van der Waals surface area contributed by atoms with Crippen LogP contribution < -0.4 is 10.1 Å². The van der Waals surface area contributed by atoms with E-state index in [1.807, 2.05) is 11.6 Å². The first-order valence-corrected chi connectivity index (χ1v) is 9.03. The zero-order valence-electron chi connectivity index (χ0n) is 13.3. The van der Waals surface area contributed by atoms with Crippen molar-refractivity contribution in [2.75, 3.05) is 13.7 Å². The summed E-state index contributed by atoms with van der Waals surface area (Å²) in [6.45, 7) is 0.964. The molecule has 2 aromatic heterocycles. The van der Waals surface area contributed by atoms with E-state index in [-0.39, 0.29) is 0 Å². The molecule has 1 aliphatic carbocycles. The van der Waals surface area contributed by atoms with Gasteiger partial charge >= 0.3 is 0 Å². The van der Waals surface area contributed by atoms with E-state index in [0.717, 1.165) is 24.2 Å². The fraction of sp³-hybridized carbons (Fsp3) is 0.389. The fourth-order valence-electron chi connectivity index (χ4n) is 3.50. The first-order chi connectivity index (χ1) is 11.4. The van der Waals surface area contributed by atoms with E-state index in [9.17, 15) is 0 Å². The third kappa shape index (κ3) is 2.75. The minimum Gasteiger partial charge on any atom is -0.495 e. The first-order valence-electron chi connectivity index (χ1n) is 8.15. The van der Waals surface area contributed by atoms with Crippen molar-refractivity contribution in [2.45, 2.75) is 31.7 Å². The van der Waals surface area contributed by atoms with Gasteiger partial charge in [0.05, 0.1) is 29.9 Å².